The summed E-state index contributed by atoms with van der Waals surface area (Å²) in [6, 6.07) is 4.60. The number of nitrogens with one attached hydrogen (secondary N) is 1. The Morgan fingerprint density at radius 1 is 1.24 bits per heavy atom. The highest BCUT2D eigenvalue weighted by molar-refractivity contribution is 9.10. The standard InChI is InChI=1S/C17H26BrNO2/c1-5-7-19-14-10-15(17(14)20-6-2)21-13-8-11(3)16(18)12(4)9-13/h8-9,14-15,17,19H,5-7,10H2,1-4H3. The molecule has 1 aromatic carbocycles. The van der Waals surface area contributed by atoms with E-state index in [0.717, 1.165) is 36.2 Å². The number of aryl methyl sites for hydroxylation is 2. The van der Waals surface area contributed by atoms with Crippen LogP contribution in [0.15, 0.2) is 16.6 Å². The molecule has 0 heterocycles. The van der Waals surface area contributed by atoms with Crippen LogP contribution >= 0.6 is 15.9 Å². The highest BCUT2D eigenvalue weighted by atomic mass is 79.9. The SMILES string of the molecule is CCCNC1CC(Oc2cc(C)c(Br)c(C)c2)C1OCC. The van der Waals surface area contributed by atoms with Crippen molar-refractivity contribution in [3.8, 4) is 5.75 Å². The highest BCUT2D eigenvalue weighted by Gasteiger charge is 2.43. The molecule has 0 spiro atoms. The van der Waals surface area contributed by atoms with E-state index in [0.29, 0.717) is 6.04 Å². The lowest BCUT2D eigenvalue weighted by Gasteiger charge is -2.44. The first kappa shape index (κ1) is 16.8. The molecule has 1 aliphatic rings. The van der Waals surface area contributed by atoms with Gasteiger partial charge in [-0.25, -0.2) is 0 Å². The maximum atomic E-state index is 6.16. The molecule has 0 aliphatic heterocycles. The molecule has 0 saturated heterocycles. The van der Waals surface area contributed by atoms with Crippen molar-refractivity contribution < 1.29 is 9.47 Å². The van der Waals surface area contributed by atoms with Crippen LogP contribution in [0, 0.1) is 13.8 Å². The van der Waals surface area contributed by atoms with E-state index in [9.17, 15) is 0 Å². The quantitative estimate of drug-likeness (QED) is 0.801. The van der Waals surface area contributed by atoms with Gasteiger partial charge in [0.1, 0.15) is 18.0 Å². The lowest BCUT2D eigenvalue weighted by molar-refractivity contribution is -0.104. The zero-order chi connectivity index (χ0) is 15.4. The van der Waals surface area contributed by atoms with Crippen LogP contribution < -0.4 is 10.1 Å². The summed E-state index contributed by atoms with van der Waals surface area (Å²) < 4.78 is 13.2. The van der Waals surface area contributed by atoms with Crippen molar-refractivity contribution in [1.29, 1.82) is 0 Å². The van der Waals surface area contributed by atoms with Gasteiger partial charge in [-0.05, 0) is 57.0 Å². The van der Waals surface area contributed by atoms with Gasteiger partial charge in [0.05, 0.1) is 0 Å². The first-order chi connectivity index (χ1) is 10.1. The van der Waals surface area contributed by atoms with Crippen molar-refractivity contribution in [3.05, 3.63) is 27.7 Å². The molecule has 0 aromatic heterocycles. The van der Waals surface area contributed by atoms with Crippen molar-refractivity contribution in [2.75, 3.05) is 13.2 Å². The van der Waals surface area contributed by atoms with Crippen LogP contribution in [0.1, 0.15) is 37.8 Å². The van der Waals surface area contributed by atoms with Crippen molar-refractivity contribution >= 4 is 15.9 Å². The Balaban J connectivity index is 1.99. The number of benzene rings is 1. The van der Waals surface area contributed by atoms with Gasteiger partial charge in [-0.3, -0.25) is 0 Å². The van der Waals surface area contributed by atoms with E-state index in [-0.39, 0.29) is 12.2 Å². The average Bonchev–Trinajstić information content (AvgIpc) is 2.45. The minimum atomic E-state index is 0.152. The number of hydrogen-bond acceptors (Lipinski definition) is 3. The number of ether oxygens (including phenoxy) is 2. The minimum absolute atomic E-state index is 0.152. The van der Waals surface area contributed by atoms with E-state index in [4.69, 9.17) is 9.47 Å². The monoisotopic (exact) mass is 355 g/mol. The van der Waals surface area contributed by atoms with Crippen LogP contribution in [0.4, 0.5) is 0 Å². The second kappa shape index (κ2) is 7.61. The van der Waals surface area contributed by atoms with Crippen molar-refractivity contribution in [2.45, 2.75) is 58.8 Å². The Hall–Kier alpha value is -0.580. The smallest absolute Gasteiger partial charge is 0.128 e. The molecular formula is C17H26BrNO2. The average molecular weight is 356 g/mol. The van der Waals surface area contributed by atoms with Crippen molar-refractivity contribution in [3.63, 3.8) is 0 Å². The van der Waals surface area contributed by atoms with Gasteiger partial charge >= 0.3 is 0 Å². The van der Waals surface area contributed by atoms with Gasteiger partial charge in [0, 0.05) is 23.5 Å². The van der Waals surface area contributed by atoms with Crippen molar-refractivity contribution in [2.24, 2.45) is 0 Å². The van der Waals surface area contributed by atoms with Crippen LogP contribution in [0.5, 0.6) is 5.75 Å². The van der Waals surface area contributed by atoms with E-state index in [1.807, 2.05) is 6.92 Å². The van der Waals surface area contributed by atoms with Crippen LogP contribution in [-0.2, 0) is 4.74 Å². The van der Waals surface area contributed by atoms with Crippen molar-refractivity contribution in [1.82, 2.24) is 5.32 Å². The molecule has 0 amide bonds. The molecule has 3 atom stereocenters. The third-order valence-electron chi connectivity index (χ3n) is 3.96. The minimum Gasteiger partial charge on any atom is -0.488 e. The molecule has 1 saturated carbocycles. The highest BCUT2D eigenvalue weighted by Crippen LogP contribution is 2.32. The maximum absolute atomic E-state index is 6.16. The first-order valence-corrected chi connectivity index (χ1v) is 8.64. The maximum Gasteiger partial charge on any atom is 0.128 e. The summed E-state index contributed by atoms with van der Waals surface area (Å²) in [6.07, 6.45) is 2.47. The van der Waals surface area contributed by atoms with Crippen LogP contribution in [0.25, 0.3) is 0 Å². The molecule has 118 valence electrons. The molecule has 4 heteroatoms. The molecule has 3 unspecified atom stereocenters. The molecule has 21 heavy (non-hydrogen) atoms. The largest absolute Gasteiger partial charge is 0.488 e. The number of hydrogen-bond donors (Lipinski definition) is 1. The van der Waals surface area contributed by atoms with Gasteiger partial charge in [-0.1, -0.05) is 22.9 Å². The molecule has 1 aromatic rings. The Bertz CT molecular complexity index is 455. The summed E-state index contributed by atoms with van der Waals surface area (Å²) >= 11 is 3.60. The molecule has 2 rings (SSSR count). The third-order valence-corrected chi connectivity index (χ3v) is 5.21. The van der Waals surface area contributed by atoms with Gasteiger partial charge in [0.15, 0.2) is 0 Å². The number of rotatable bonds is 7. The van der Waals surface area contributed by atoms with Crippen LogP contribution in [-0.4, -0.2) is 31.4 Å². The Morgan fingerprint density at radius 3 is 2.48 bits per heavy atom. The second-order valence-corrected chi connectivity index (χ2v) is 6.54. The molecule has 3 nitrogen and oxygen atoms in total. The summed E-state index contributed by atoms with van der Waals surface area (Å²) in [4.78, 5) is 0. The summed E-state index contributed by atoms with van der Waals surface area (Å²) in [5.41, 5.74) is 2.41. The zero-order valence-electron chi connectivity index (χ0n) is 13.4. The predicted molar refractivity (Wildman–Crippen MR) is 90.1 cm³/mol. The van der Waals surface area contributed by atoms with Gasteiger partial charge < -0.3 is 14.8 Å². The molecule has 0 bridgehead atoms. The van der Waals surface area contributed by atoms with Crippen LogP contribution in [0.3, 0.4) is 0 Å². The van der Waals surface area contributed by atoms with Gasteiger partial charge in [0.25, 0.3) is 0 Å². The Kier molecular flexibility index (Phi) is 6.08. The fraction of sp³-hybridized carbons (Fsp3) is 0.647. The molecule has 1 aliphatic carbocycles. The third kappa shape index (κ3) is 3.99. The predicted octanol–water partition coefficient (Wildman–Crippen LogP) is 3.99. The first-order valence-electron chi connectivity index (χ1n) is 7.85. The molecule has 0 radical (unpaired) electrons. The summed E-state index contributed by atoms with van der Waals surface area (Å²) in [5.74, 6) is 0.942. The lowest BCUT2D eigenvalue weighted by atomic mass is 9.85. The fourth-order valence-electron chi connectivity index (χ4n) is 2.79. The normalized spacial score (nSPS) is 24.7. The lowest BCUT2D eigenvalue weighted by Crippen LogP contribution is -2.61. The topological polar surface area (TPSA) is 30.5 Å². The van der Waals surface area contributed by atoms with Gasteiger partial charge in [0.2, 0.25) is 0 Å². The van der Waals surface area contributed by atoms with E-state index >= 15 is 0 Å². The number of halogens is 1. The molecular weight excluding hydrogens is 330 g/mol. The van der Waals surface area contributed by atoms with E-state index < -0.39 is 0 Å². The van der Waals surface area contributed by atoms with Gasteiger partial charge in [-0.2, -0.15) is 0 Å². The zero-order valence-corrected chi connectivity index (χ0v) is 15.0. The van der Waals surface area contributed by atoms with Crippen LogP contribution in [0.2, 0.25) is 0 Å². The molecule has 1 N–H and O–H groups in total. The second-order valence-electron chi connectivity index (χ2n) is 5.74. The Labute approximate surface area is 136 Å². The van der Waals surface area contributed by atoms with E-state index in [1.165, 1.54) is 11.1 Å². The van der Waals surface area contributed by atoms with Gasteiger partial charge in [-0.15, -0.1) is 0 Å². The Morgan fingerprint density at radius 2 is 1.90 bits per heavy atom. The molecule has 1 fully saturated rings. The summed E-state index contributed by atoms with van der Waals surface area (Å²) in [6.45, 7) is 10.2. The summed E-state index contributed by atoms with van der Waals surface area (Å²) in [7, 11) is 0. The summed E-state index contributed by atoms with van der Waals surface area (Å²) in [5, 5.41) is 3.54. The fourth-order valence-corrected chi connectivity index (χ4v) is 3.02. The van der Waals surface area contributed by atoms with E-state index in [2.05, 4.69) is 54.2 Å². The van der Waals surface area contributed by atoms with E-state index in [1.54, 1.807) is 0 Å².